The zero-order valence-electron chi connectivity index (χ0n) is 12.3. The standard InChI is InChI=1S/C13H25N3O3S/c1-15(2)13(17)16-7-5-11(6-8-16)14-10-12-4-3-9-20(12,18)19/h11-12,14H,3-10H2,1-2H3. The van der Waals surface area contributed by atoms with Gasteiger partial charge in [-0.05, 0) is 25.7 Å². The van der Waals surface area contributed by atoms with Gasteiger partial charge in [-0.25, -0.2) is 13.2 Å². The largest absolute Gasteiger partial charge is 0.331 e. The number of nitrogens with one attached hydrogen (secondary N) is 1. The lowest BCUT2D eigenvalue weighted by Gasteiger charge is -2.34. The van der Waals surface area contributed by atoms with Crippen molar-refractivity contribution < 1.29 is 13.2 Å². The molecule has 0 aliphatic carbocycles. The number of hydrogen-bond acceptors (Lipinski definition) is 4. The molecule has 2 heterocycles. The highest BCUT2D eigenvalue weighted by Gasteiger charge is 2.32. The SMILES string of the molecule is CN(C)C(=O)N1CCC(NCC2CCCS2(=O)=O)CC1. The van der Waals surface area contributed by atoms with Crippen LogP contribution in [0.15, 0.2) is 0 Å². The average Bonchev–Trinajstić information content (AvgIpc) is 2.75. The van der Waals surface area contributed by atoms with Crippen LogP contribution in [-0.4, -0.2) is 75.0 Å². The first kappa shape index (κ1) is 15.6. The molecule has 0 aromatic carbocycles. The highest BCUT2D eigenvalue weighted by molar-refractivity contribution is 7.92. The van der Waals surface area contributed by atoms with Crippen LogP contribution >= 0.6 is 0 Å². The number of urea groups is 1. The van der Waals surface area contributed by atoms with E-state index in [0.29, 0.717) is 18.3 Å². The molecule has 2 saturated heterocycles. The van der Waals surface area contributed by atoms with Gasteiger partial charge in [0.15, 0.2) is 9.84 Å². The van der Waals surface area contributed by atoms with E-state index in [9.17, 15) is 13.2 Å². The number of sulfone groups is 1. The van der Waals surface area contributed by atoms with Crippen LogP contribution in [0.25, 0.3) is 0 Å². The fraction of sp³-hybridized carbons (Fsp3) is 0.923. The Bertz CT molecular complexity index is 442. The van der Waals surface area contributed by atoms with Crippen molar-refractivity contribution >= 4 is 15.9 Å². The van der Waals surface area contributed by atoms with Crippen molar-refractivity contribution in [2.75, 3.05) is 39.5 Å². The molecule has 0 bridgehead atoms. The molecule has 1 N–H and O–H groups in total. The van der Waals surface area contributed by atoms with E-state index in [1.807, 2.05) is 4.90 Å². The summed E-state index contributed by atoms with van der Waals surface area (Å²) < 4.78 is 23.5. The minimum Gasteiger partial charge on any atom is -0.331 e. The number of likely N-dealkylation sites (tertiary alicyclic amines) is 1. The molecule has 7 heteroatoms. The van der Waals surface area contributed by atoms with Gasteiger partial charge < -0.3 is 15.1 Å². The minimum absolute atomic E-state index is 0.0572. The first-order valence-electron chi connectivity index (χ1n) is 7.31. The summed E-state index contributed by atoms with van der Waals surface area (Å²) in [5, 5.41) is 3.17. The molecule has 0 aromatic heterocycles. The van der Waals surface area contributed by atoms with E-state index in [1.54, 1.807) is 19.0 Å². The van der Waals surface area contributed by atoms with Gasteiger partial charge in [0.1, 0.15) is 0 Å². The van der Waals surface area contributed by atoms with Crippen molar-refractivity contribution in [2.24, 2.45) is 0 Å². The summed E-state index contributed by atoms with van der Waals surface area (Å²) in [7, 11) is 0.666. The lowest BCUT2D eigenvalue weighted by Crippen LogP contribution is -2.49. The van der Waals surface area contributed by atoms with Crippen LogP contribution in [0, 0.1) is 0 Å². The Balaban J connectivity index is 1.74. The molecule has 1 atom stereocenters. The van der Waals surface area contributed by atoms with Crippen molar-refractivity contribution in [1.29, 1.82) is 0 Å². The number of amides is 2. The number of rotatable bonds is 3. The quantitative estimate of drug-likeness (QED) is 0.814. The van der Waals surface area contributed by atoms with Crippen molar-refractivity contribution in [3.8, 4) is 0 Å². The molecule has 0 aromatic rings. The Morgan fingerprint density at radius 3 is 2.40 bits per heavy atom. The zero-order chi connectivity index (χ0) is 14.8. The van der Waals surface area contributed by atoms with Gasteiger partial charge in [-0.2, -0.15) is 0 Å². The first-order valence-corrected chi connectivity index (χ1v) is 9.03. The molecular formula is C13H25N3O3S. The summed E-state index contributed by atoms with van der Waals surface area (Å²) in [6, 6.07) is 0.388. The van der Waals surface area contributed by atoms with Crippen LogP contribution in [0.4, 0.5) is 4.79 Å². The summed E-state index contributed by atoms with van der Waals surface area (Å²) in [5.41, 5.74) is 0. The van der Waals surface area contributed by atoms with E-state index in [4.69, 9.17) is 0 Å². The Hall–Kier alpha value is -0.820. The third-order valence-corrected chi connectivity index (χ3v) is 6.52. The van der Waals surface area contributed by atoms with Crippen LogP contribution in [-0.2, 0) is 9.84 Å². The predicted molar refractivity (Wildman–Crippen MR) is 78.5 cm³/mol. The molecule has 116 valence electrons. The smallest absolute Gasteiger partial charge is 0.319 e. The summed E-state index contributed by atoms with van der Waals surface area (Å²) in [5.74, 6) is 0.342. The van der Waals surface area contributed by atoms with E-state index in [1.165, 1.54) is 0 Å². The lowest BCUT2D eigenvalue weighted by atomic mass is 10.1. The van der Waals surface area contributed by atoms with Gasteiger partial charge in [-0.1, -0.05) is 0 Å². The number of nitrogens with zero attached hydrogens (tertiary/aromatic N) is 2. The van der Waals surface area contributed by atoms with Crippen LogP contribution in [0.1, 0.15) is 25.7 Å². The predicted octanol–water partition coefficient (Wildman–Crippen LogP) is 0.299. The molecule has 2 aliphatic rings. The third-order valence-electron chi connectivity index (χ3n) is 4.25. The maximum absolute atomic E-state index is 11.8. The monoisotopic (exact) mass is 303 g/mol. The Morgan fingerprint density at radius 2 is 1.90 bits per heavy atom. The molecule has 0 spiro atoms. The number of hydrogen-bond donors (Lipinski definition) is 1. The molecule has 6 nitrogen and oxygen atoms in total. The highest BCUT2D eigenvalue weighted by Crippen LogP contribution is 2.20. The Kier molecular flexibility index (Phi) is 4.90. The maximum Gasteiger partial charge on any atom is 0.319 e. The van der Waals surface area contributed by atoms with Crippen molar-refractivity contribution in [3.05, 3.63) is 0 Å². The molecule has 0 saturated carbocycles. The van der Waals surface area contributed by atoms with Gasteiger partial charge in [0, 0.05) is 39.8 Å². The lowest BCUT2D eigenvalue weighted by molar-refractivity contribution is 0.152. The summed E-state index contributed by atoms with van der Waals surface area (Å²) in [4.78, 5) is 15.3. The van der Waals surface area contributed by atoms with Gasteiger partial charge in [-0.15, -0.1) is 0 Å². The molecule has 2 rings (SSSR count). The second-order valence-electron chi connectivity index (χ2n) is 5.98. The molecule has 2 aliphatic heterocycles. The van der Waals surface area contributed by atoms with Crippen molar-refractivity contribution in [3.63, 3.8) is 0 Å². The Labute approximate surface area is 121 Å². The zero-order valence-corrected chi connectivity index (χ0v) is 13.2. The molecule has 1 unspecified atom stereocenters. The van der Waals surface area contributed by atoms with Crippen LogP contribution in [0.2, 0.25) is 0 Å². The first-order chi connectivity index (χ1) is 9.40. The second kappa shape index (κ2) is 6.30. The number of piperidine rings is 1. The topological polar surface area (TPSA) is 69.7 Å². The average molecular weight is 303 g/mol. The van der Waals surface area contributed by atoms with Gasteiger partial charge in [0.2, 0.25) is 0 Å². The number of carbonyl (C=O) groups is 1. The van der Waals surface area contributed by atoms with E-state index < -0.39 is 9.84 Å². The van der Waals surface area contributed by atoms with Crippen molar-refractivity contribution in [1.82, 2.24) is 15.1 Å². The van der Waals surface area contributed by atoms with E-state index in [2.05, 4.69) is 5.32 Å². The molecular weight excluding hydrogens is 278 g/mol. The molecule has 0 radical (unpaired) electrons. The van der Waals surface area contributed by atoms with Gasteiger partial charge in [-0.3, -0.25) is 0 Å². The van der Waals surface area contributed by atoms with Crippen LogP contribution in [0.5, 0.6) is 0 Å². The molecule has 2 fully saturated rings. The van der Waals surface area contributed by atoms with E-state index >= 15 is 0 Å². The fourth-order valence-corrected chi connectivity index (χ4v) is 4.72. The van der Waals surface area contributed by atoms with Crippen LogP contribution in [0.3, 0.4) is 0 Å². The van der Waals surface area contributed by atoms with Crippen LogP contribution < -0.4 is 5.32 Å². The fourth-order valence-electron chi connectivity index (χ4n) is 2.94. The normalized spacial score (nSPS) is 26.7. The van der Waals surface area contributed by atoms with E-state index in [-0.39, 0.29) is 11.3 Å². The second-order valence-corrected chi connectivity index (χ2v) is 8.38. The maximum atomic E-state index is 11.8. The summed E-state index contributed by atoms with van der Waals surface area (Å²) in [6.07, 6.45) is 3.37. The van der Waals surface area contributed by atoms with Gasteiger partial charge in [0.05, 0.1) is 11.0 Å². The number of carbonyl (C=O) groups excluding carboxylic acids is 1. The third kappa shape index (κ3) is 3.63. The van der Waals surface area contributed by atoms with Gasteiger partial charge >= 0.3 is 6.03 Å². The van der Waals surface area contributed by atoms with Gasteiger partial charge in [0.25, 0.3) is 0 Å². The highest BCUT2D eigenvalue weighted by atomic mass is 32.2. The van der Waals surface area contributed by atoms with Crippen molar-refractivity contribution in [2.45, 2.75) is 37.0 Å². The molecule has 20 heavy (non-hydrogen) atoms. The Morgan fingerprint density at radius 1 is 1.25 bits per heavy atom. The summed E-state index contributed by atoms with van der Waals surface area (Å²) in [6.45, 7) is 2.05. The molecule has 2 amide bonds. The van der Waals surface area contributed by atoms with E-state index in [0.717, 1.165) is 38.8 Å². The summed E-state index contributed by atoms with van der Waals surface area (Å²) >= 11 is 0. The minimum atomic E-state index is -2.86.